The van der Waals surface area contributed by atoms with Gasteiger partial charge < -0.3 is 25.3 Å². The number of rotatable bonds is 5. The number of aryl methyl sites for hydroxylation is 2. The summed E-state index contributed by atoms with van der Waals surface area (Å²) in [6, 6.07) is 19.8. The number of phenols is 1. The van der Waals surface area contributed by atoms with Gasteiger partial charge in [0.25, 0.3) is 0 Å². The molecule has 3 aliphatic rings. The lowest BCUT2D eigenvalue weighted by molar-refractivity contribution is 0.0697. The van der Waals surface area contributed by atoms with Crippen LogP contribution in [0.4, 0.5) is 11.4 Å². The topological polar surface area (TPSA) is 112 Å². The van der Waals surface area contributed by atoms with Gasteiger partial charge in [-0.25, -0.2) is 4.79 Å². The molecule has 1 aliphatic carbocycles. The van der Waals surface area contributed by atoms with Gasteiger partial charge in [-0.15, -0.1) is 0 Å². The van der Waals surface area contributed by atoms with Crippen molar-refractivity contribution < 1.29 is 19.4 Å². The van der Waals surface area contributed by atoms with E-state index < -0.39 is 5.97 Å². The Morgan fingerprint density at radius 2 is 1.90 bits per heavy atom. The molecule has 0 bridgehead atoms. The van der Waals surface area contributed by atoms with Crippen LogP contribution in [0.25, 0.3) is 33.4 Å². The fourth-order valence-corrected chi connectivity index (χ4v) is 5.48. The van der Waals surface area contributed by atoms with Crippen molar-refractivity contribution in [2.45, 2.75) is 39.3 Å². The van der Waals surface area contributed by atoms with E-state index in [1.54, 1.807) is 49.4 Å². The lowest BCUT2D eigenvalue weighted by atomic mass is 9.89. The number of carbonyl (C=O) groups is 1. The van der Waals surface area contributed by atoms with Crippen molar-refractivity contribution in [3.8, 4) is 28.2 Å². The van der Waals surface area contributed by atoms with E-state index in [4.69, 9.17) is 4.42 Å². The van der Waals surface area contributed by atoms with Crippen LogP contribution < -0.4 is 16.1 Å². The van der Waals surface area contributed by atoms with Gasteiger partial charge in [0.05, 0.1) is 22.5 Å². The molecule has 0 amide bonds. The molecule has 1 atom stereocenters. The van der Waals surface area contributed by atoms with Gasteiger partial charge in [0, 0.05) is 35.2 Å². The van der Waals surface area contributed by atoms with Crippen LogP contribution in [0, 0.1) is 6.92 Å². The second kappa shape index (κ2) is 9.51. The minimum atomic E-state index is -1.05. The number of phenolic OH excluding ortho intramolecular Hbond substituents is 1. The van der Waals surface area contributed by atoms with Crippen molar-refractivity contribution in [3.05, 3.63) is 99.2 Å². The van der Waals surface area contributed by atoms with Crippen LogP contribution in [0.2, 0.25) is 0 Å². The summed E-state index contributed by atoms with van der Waals surface area (Å²) >= 11 is 0. The smallest absolute Gasteiger partial charge is 0.336 e. The number of aromatic carboxylic acids is 1. The number of carboxylic acids is 1. The number of hydrogen-bond acceptors (Lipinski definition) is 6. The van der Waals surface area contributed by atoms with E-state index >= 15 is 0 Å². The molecule has 1 unspecified atom stereocenters. The average Bonchev–Trinajstić information content (AvgIpc) is 2.92. The predicted molar refractivity (Wildman–Crippen MR) is 153 cm³/mol. The van der Waals surface area contributed by atoms with Gasteiger partial charge in [-0.05, 0) is 73.7 Å². The Balaban J connectivity index is 1.57. The monoisotopic (exact) mass is 520 g/mol. The zero-order valence-corrected chi connectivity index (χ0v) is 21.7. The highest BCUT2D eigenvalue weighted by Crippen LogP contribution is 2.44. The minimum Gasteiger partial charge on any atom is -0.507 e. The first-order valence-electron chi connectivity index (χ1n) is 13.0. The Morgan fingerprint density at radius 1 is 1.08 bits per heavy atom. The van der Waals surface area contributed by atoms with Gasteiger partial charge in [0.2, 0.25) is 0 Å². The van der Waals surface area contributed by atoms with Crippen molar-refractivity contribution in [1.82, 2.24) is 0 Å². The summed E-state index contributed by atoms with van der Waals surface area (Å²) in [6.45, 7) is 4.13. The third-order valence-electron chi connectivity index (χ3n) is 7.53. The van der Waals surface area contributed by atoms with Crippen LogP contribution >= 0.6 is 0 Å². The van der Waals surface area contributed by atoms with E-state index in [-0.39, 0.29) is 23.3 Å². The molecule has 0 spiro atoms. The van der Waals surface area contributed by atoms with Gasteiger partial charge in [0.15, 0.2) is 5.43 Å². The highest BCUT2D eigenvalue weighted by molar-refractivity contribution is 6.08. The normalized spacial score (nSPS) is 14.7. The van der Waals surface area contributed by atoms with Crippen LogP contribution in [0.1, 0.15) is 40.4 Å². The number of anilines is 2. The molecule has 0 radical (unpaired) electrons. The Hall–Kier alpha value is -4.78. The zero-order chi connectivity index (χ0) is 27.3. The van der Waals surface area contributed by atoms with Crippen molar-refractivity contribution in [2.24, 2.45) is 0 Å². The van der Waals surface area contributed by atoms with E-state index in [0.29, 0.717) is 50.6 Å². The molecule has 0 fully saturated rings. The lowest BCUT2D eigenvalue weighted by Crippen LogP contribution is -2.23. The maximum Gasteiger partial charge on any atom is 0.336 e. The molecular weight excluding hydrogens is 492 g/mol. The molecule has 196 valence electrons. The molecule has 0 saturated heterocycles. The fourth-order valence-electron chi connectivity index (χ4n) is 5.48. The van der Waals surface area contributed by atoms with E-state index in [9.17, 15) is 19.8 Å². The number of benzene rings is 4. The predicted octanol–water partition coefficient (Wildman–Crippen LogP) is 6.64. The summed E-state index contributed by atoms with van der Waals surface area (Å²) in [5.41, 5.74) is 6.38. The first-order valence-corrected chi connectivity index (χ1v) is 13.0. The first-order chi connectivity index (χ1) is 18.8. The molecule has 7 nitrogen and oxygen atoms in total. The molecule has 0 saturated carbocycles. The van der Waals surface area contributed by atoms with E-state index in [0.717, 1.165) is 24.2 Å². The summed E-state index contributed by atoms with van der Waals surface area (Å²) in [5.74, 6) is -0.690. The number of hydrogen-bond donors (Lipinski definition) is 4. The summed E-state index contributed by atoms with van der Waals surface area (Å²) in [7, 11) is 0. The Morgan fingerprint density at radius 3 is 2.72 bits per heavy atom. The van der Waals surface area contributed by atoms with E-state index in [2.05, 4.69) is 23.6 Å². The van der Waals surface area contributed by atoms with Crippen molar-refractivity contribution in [3.63, 3.8) is 0 Å². The Labute approximate surface area is 225 Å². The van der Waals surface area contributed by atoms with Crippen LogP contribution in [0.5, 0.6) is 5.75 Å². The molecule has 6 rings (SSSR count). The van der Waals surface area contributed by atoms with Crippen LogP contribution in [-0.4, -0.2) is 22.2 Å². The maximum absolute atomic E-state index is 12.6. The molecule has 3 aromatic rings. The largest absolute Gasteiger partial charge is 0.507 e. The van der Waals surface area contributed by atoms with Crippen LogP contribution in [0.15, 0.2) is 75.9 Å². The number of fused-ring (bicyclic) bond motifs is 3. The zero-order valence-electron chi connectivity index (χ0n) is 21.7. The van der Waals surface area contributed by atoms with Crippen molar-refractivity contribution in [2.75, 3.05) is 10.6 Å². The lowest BCUT2D eigenvalue weighted by Gasteiger charge is -2.27. The quantitative estimate of drug-likeness (QED) is 0.192. The maximum atomic E-state index is 12.6. The minimum absolute atomic E-state index is 0.0381. The second-order valence-corrected chi connectivity index (χ2v) is 10.2. The van der Waals surface area contributed by atoms with Crippen LogP contribution in [-0.2, 0) is 13.0 Å². The fraction of sp³-hybridized carbons (Fsp3) is 0.188. The van der Waals surface area contributed by atoms with Gasteiger partial charge in [-0.2, -0.15) is 0 Å². The standard InChI is InChI=1S/C32H28N2O5/c1-17-14-23-28(15-27(17)36)39-31-22(29(23)20-7-3-4-8-21(20)32(37)38)12-13-26(35)24(31)16-33-25-9-5-6-19-11-10-18(2)34-30(19)25/h3-9,12-15,18,33-35H,10-11,16H2,1-2H3,(H,37,38). The summed E-state index contributed by atoms with van der Waals surface area (Å²) in [5, 5.41) is 28.6. The Bertz CT molecular complexity index is 1790. The Kier molecular flexibility index (Phi) is 5.99. The molecule has 2 heterocycles. The van der Waals surface area contributed by atoms with Crippen molar-refractivity contribution >= 4 is 28.3 Å². The van der Waals surface area contributed by atoms with E-state index in [1.165, 1.54) is 11.6 Å². The van der Waals surface area contributed by atoms with Crippen LogP contribution in [0.3, 0.4) is 0 Å². The molecule has 2 aliphatic heterocycles. The highest BCUT2D eigenvalue weighted by Gasteiger charge is 2.25. The molecule has 7 heteroatoms. The average molecular weight is 521 g/mol. The number of aromatic hydroxyl groups is 1. The number of para-hydroxylation sites is 1. The highest BCUT2D eigenvalue weighted by atomic mass is 16.4. The van der Waals surface area contributed by atoms with E-state index in [1.807, 2.05) is 12.1 Å². The third-order valence-corrected chi connectivity index (χ3v) is 7.53. The van der Waals surface area contributed by atoms with Gasteiger partial charge in [-0.1, -0.05) is 30.3 Å². The summed E-state index contributed by atoms with van der Waals surface area (Å²) in [4.78, 5) is 24.8. The number of nitrogens with one attached hydrogen (secondary N) is 2. The van der Waals surface area contributed by atoms with Gasteiger partial charge >= 0.3 is 5.97 Å². The molecule has 39 heavy (non-hydrogen) atoms. The molecular formula is C32H28N2O5. The second-order valence-electron chi connectivity index (χ2n) is 10.2. The first kappa shape index (κ1) is 24.6. The van der Waals surface area contributed by atoms with Crippen molar-refractivity contribution in [1.29, 1.82) is 0 Å². The summed E-state index contributed by atoms with van der Waals surface area (Å²) < 4.78 is 6.31. The van der Waals surface area contributed by atoms with Gasteiger partial charge in [0.1, 0.15) is 17.1 Å². The summed E-state index contributed by atoms with van der Waals surface area (Å²) in [6.07, 6.45) is 2.05. The van der Waals surface area contributed by atoms with Gasteiger partial charge in [-0.3, -0.25) is 4.79 Å². The third kappa shape index (κ3) is 4.26. The molecule has 4 N–H and O–H groups in total. The number of carboxylic acid groups (broad SMARTS) is 1. The molecule has 0 aromatic heterocycles. The SMILES string of the molecule is Cc1cc2c(-c3ccccc3C(=O)O)c3ccc(O)c(CNc4cccc5c4NC(C)CC5)c3oc-2cc1=O. The molecule has 3 aromatic carbocycles.